The highest BCUT2D eigenvalue weighted by Crippen LogP contribution is 2.08. The van der Waals surface area contributed by atoms with Crippen molar-refractivity contribution in [1.29, 1.82) is 0 Å². The van der Waals surface area contributed by atoms with Gasteiger partial charge in [0.25, 0.3) is 0 Å². The SMILES string of the molecule is CCOC(=O)C=Cc1ccc(CNC(C)(C)C)cc1. The second-order valence-corrected chi connectivity index (χ2v) is 5.43. The first-order chi connectivity index (χ1) is 8.90. The Labute approximate surface area is 115 Å². The fourth-order valence-electron chi connectivity index (χ4n) is 1.47. The molecule has 0 aliphatic carbocycles. The number of esters is 1. The lowest BCUT2D eigenvalue weighted by atomic mass is 10.1. The molecule has 0 amide bonds. The third kappa shape index (κ3) is 6.77. The van der Waals surface area contributed by atoms with Crippen molar-refractivity contribution in [2.75, 3.05) is 6.61 Å². The number of carbonyl (C=O) groups is 1. The summed E-state index contributed by atoms with van der Waals surface area (Å²) in [7, 11) is 0. The molecule has 0 aromatic heterocycles. The molecule has 104 valence electrons. The Morgan fingerprint density at radius 2 is 1.89 bits per heavy atom. The Bertz CT molecular complexity index is 427. The van der Waals surface area contributed by atoms with Crippen LogP contribution >= 0.6 is 0 Å². The number of ether oxygens (including phenoxy) is 1. The molecule has 0 atom stereocenters. The maximum atomic E-state index is 11.2. The molecule has 1 N–H and O–H groups in total. The van der Waals surface area contributed by atoms with E-state index in [1.165, 1.54) is 11.6 Å². The van der Waals surface area contributed by atoms with E-state index in [9.17, 15) is 4.79 Å². The molecule has 0 unspecified atom stereocenters. The van der Waals surface area contributed by atoms with E-state index in [-0.39, 0.29) is 11.5 Å². The largest absolute Gasteiger partial charge is 0.463 e. The number of nitrogens with one attached hydrogen (secondary N) is 1. The number of carbonyl (C=O) groups excluding carboxylic acids is 1. The summed E-state index contributed by atoms with van der Waals surface area (Å²) in [6.07, 6.45) is 3.21. The highest BCUT2D eigenvalue weighted by molar-refractivity contribution is 5.86. The summed E-state index contributed by atoms with van der Waals surface area (Å²) in [5.74, 6) is -0.305. The minimum absolute atomic E-state index is 0.114. The number of benzene rings is 1. The average Bonchev–Trinajstić information content (AvgIpc) is 2.34. The standard InChI is InChI=1S/C16H23NO2/c1-5-19-15(18)11-10-13-6-8-14(9-7-13)12-17-16(2,3)4/h6-11,17H,5,12H2,1-4H3. The predicted molar refractivity (Wildman–Crippen MR) is 78.7 cm³/mol. The number of hydrogen-bond acceptors (Lipinski definition) is 3. The molecule has 1 rings (SSSR count). The molecule has 0 spiro atoms. The van der Waals surface area contributed by atoms with Crippen molar-refractivity contribution < 1.29 is 9.53 Å². The minimum atomic E-state index is -0.305. The van der Waals surface area contributed by atoms with Crippen molar-refractivity contribution in [3.63, 3.8) is 0 Å². The quantitative estimate of drug-likeness (QED) is 0.653. The normalized spacial score (nSPS) is 11.8. The Morgan fingerprint density at radius 3 is 2.42 bits per heavy atom. The van der Waals surface area contributed by atoms with Crippen molar-refractivity contribution in [3.05, 3.63) is 41.5 Å². The summed E-state index contributed by atoms with van der Waals surface area (Å²) in [5.41, 5.74) is 2.33. The van der Waals surface area contributed by atoms with Gasteiger partial charge >= 0.3 is 5.97 Å². The lowest BCUT2D eigenvalue weighted by Crippen LogP contribution is -2.35. The van der Waals surface area contributed by atoms with E-state index < -0.39 is 0 Å². The van der Waals surface area contributed by atoms with E-state index in [4.69, 9.17) is 4.74 Å². The van der Waals surface area contributed by atoms with Gasteiger partial charge in [0.15, 0.2) is 0 Å². The van der Waals surface area contributed by atoms with Crippen LogP contribution in [0.1, 0.15) is 38.8 Å². The Morgan fingerprint density at radius 1 is 1.26 bits per heavy atom. The van der Waals surface area contributed by atoms with Crippen molar-refractivity contribution in [2.24, 2.45) is 0 Å². The average molecular weight is 261 g/mol. The van der Waals surface area contributed by atoms with Crippen molar-refractivity contribution in [2.45, 2.75) is 39.8 Å². The molecule has 1 aromatic rings. The Kier molecular flexibility index (Phi) is 5.77. The van der Waals surface area contributed by atoms with Crippen LogP contribution in [0.5, 0.6) is 0 Å². The van der Waals surface area contributed by atoms with Crippen LogP contribution in [0.15, 0.2) is 30.3 Å². The summed E-state index contributed by atoms with van der Waals surface area (Å²) in [6, 6.07) is 8.11. The van der Waals surface area contributed by atoms with E-state index in [1.54, 1.807) is 13.0 Å². The first kappa shape index (κ1) is 15.4. The molecule has 1 aromatic carbocycles. The van der Waals surface area contributed by atoms with E-state index in [2.05, 4.69) is 38.2 Å². The van der Waals surface area contributed by atoms with Gasteiger partial charge < -0.3 is 10.1 Å². The maximum absolute atomic E-state index is 11.2. The molecule has 3 heteroatoms. The van der Waals surface area contributed by atoms with Gasteiger partial charge in [0.05, 0.1) is 6.61 Å². The first-order valence-corrected chi connectivity index (χ1v) is 6.59. The molecular weight excluding hydrogens is 238 g/mol. The summed E-state index contributed by atoms with van der Waals surface area (Å²) in [4.78, 5) is 11.2. The molecule has 0 saturated carbocycles. The lowest BCUT2D eigenvalue weighted by molar-refractivity contribution is -0.137. The van der Waals surface area contributed by atoms with Crippen LogP contribution in [0.2, 0.25) is 0 Å². The van der Waals surface area contributed by atoms with Crippen molar-refractivity contribution in [3.8, 4) is 0 Å². The van der Waals surface area contributed by atoms with Gasteiger partial charge in [0.2, 0.25) is 0 Å². The summed E-state index contributed by atoms with van der Waals surface area (Å²) in [5, 5.41) is 3.43. The molecule has 0 radical (unpaired) electrons. The molecule has 0 bridgehead atoms. The predicted octanol–water partition coefficient (Wildman–Crippen LogP) is 3.15. The van der Waals surface area contributed by atoms with Gasteiger partial charge in [-0.25, -0.2) is 4.79 Å². The number of hydrogen-bond donors (Lipinski definition) is 1. The number of rotatable bonds is 5. The van der Waals surface area contributed by atoms with Crippen LogP contribution in [0, 0.1) is 0 Å². The summed E-state index contributed by atoms with van der Waals surface area (Å²) < 4.78 is 4.83. The molecule has 0 heterocycles. The van der Waals surface area contributed by atoms with Crippen LogP contribution in [0.3, 0.4) is 0 Å². The van der Waals surface area contributed by atoms with Gasteiger partial charge in [-0.05, 0) is 44.9 Å². The van der Waals surface area contributed by atoms with E-state index >= 15 is 0 Å². The summed E-state index contributed by atoms with van der Waals surface area (Å²) >= 11 is 0. The van der Waals surface area contributed by atoms with Gasteiger partial charge in [-0.3, -0.25) is 0 Å². The van der Waals surface area contributed by atoms with Crippen LogP contribution in [-0.4, -0.2) is 18.1 Å². The molecular formula is C16H23NO2. The highest BCUT2D eigenvalue weighted by atomic mass is 16.5. The zero-order valence-electron chi connectivity index (χ0n) is 12.2. The van der Waals surface area contributed by atoms with Crippen LogP contribution < -0.4 is 5.32 Å². The third-order valence-corrected chi connectivity index (χ3v) is 2.50. The zero-order valence-corrected chi connectivity index (χ0v) is 12.2. The monoisotopic (exact) mass is 261 g/mol. The highest BCUT2D eigenvalue weighted by Gasteiger charge is 2.07. The van der Waals surface area contributed by atoms with Gasteiger partial charge in [-0.15, -0.1) is 0 Å². The van der Waals surface area contributed by atoms with Crippen LogP contribution in [0.4, 0.5) is 0 Å². The lowest BCUT2D eigenvalue weighted by Gasteiger charge is -2.20. The topological polar surface area (TPSA) is 38.3 Å². The van der Waals surface area contributed by atoms with Crippen LogP contribution in [0.25, 0.3) is 6.08 Å². The van der Waals surface area contributed by atoms with Crippen molar-refractivity contribution in [1.82, 2.24) is 5.32 Å². The molecule has 0 fully saturated rings. The molecule has 3 nitrogen and oxygen atoms in total. The van der Waals surface area contributed by atoms with Crippen molar-refractivity contribution >= 4 is 12.0 Å². The molecule has 0 aliphatic heterocycles. The first-order valence-electron chi connectivity index (χ1n) is 6.59. The Balaban J connectivity index is 2.54. The van der Waals surface area contributed by atoms with Gasteiger partial charge in [0, 0.05) is 18.2 Å². The van der Waals surface area contributed by atoms with E-state index in [0.29, 0.717) is 6.61 Å². The maximum Gasteiger partial charge on any atom is 0.330 e. The van der Waals surface area contributed by atoms with E-state index in [1.807, 2.05) is 12.1 Å². The second-order valence-electron chi connectivity index (χ2n) is 5.43. The van der Waals surface area contributed by atoms with Crippen LogP contribution in [-0.2, 0) is 16.1 Å². The fraction of sp³-hybridized carbons (Fsp3) is 0.438. The fourth-order valence-corrected chi connectivity index (χ4v) is 1.47. The molecule has 0 saturated heterocycles. The van der Waals surface area contributed by atoms with Gasteiger partial charge in [-0.1, -0.05) is 24.3 Å². The molecule has 19 heavy (non-hydrogen) atoms. The van der Waals surface area contributed by atoms with Gasteiger partial charge in [-0.2, -0.15) is 0 Å². The second kappa shape index (κ2) is 7.10. The smallest absolute Gasteiger partial charge is 0.330 e. The Hall–Kier alpha value is -1.61. The minimum Gasteiger partial charge on any atom is -0.463 e. The third-order valence-electron chi connectivity index (χ3n) is 2.50. The van der Waals surface area contributed by atoms with E-state index in [0.717, 1.165) is 12.1 Å². The summed E-state index contributed by atoms with van der Waals surface area (Å²) in [6.45, 7) is 9.46. The van der Waals surface area contributed by atoms with Gasteiger partial charge in [0.1, 0.15) is 0 Å². The molecule has 0 aliphatic rings. The zero-order chi connectivity index (χ0) is 14.3.